The van der Waals surface area contributed by atoms with Crippen molar-refractivity contribution in [2.75, 3.05) is 20.7 Å². The van der Waals surface area contributed by atoms with Crippen molar-refractivity contribution in [2.24, 2.45) is 5.92 Å². The highest BCUT2D eigenvalue weighted by molar-refractivity contribution is 5.89. The molecule has 0 aliphatic heterocycles. The maximum atomic E-state index is 11.9. The molecule has 2 aromatic rings. The molecule has 0 spiro atoms. The molecule has 7 heteroatoms. The largest absolute Gasteiger partial charge is 0.462 e. The Labute approximate surface area is 154 Å². The van der Waals surface area contributed by atoms with Gasteiger partial charge >= 0.3 is 5.97 Å². The molecule has 1 aliphatic carbocycles. The fraction of sp³-hybridized carbons (Fsp3) is 0.579. The van der Waals surface area contributed by atoms with Crippen LogP contribution in [-0.4, -0.2) is 51.8 Å². The van der Waals surface area contributed by atoms with Gasteiger partial charge in [-0.25, -0.2) is 4.79 Å². The van der Waals surface area contributed by atoms with E-state index in [1.807, 2.05) is 12.1 Å². The summed E-state index contributed by atoms with van der Waals surface area (Å²) in [4.78, 5) is 14.1. The van der Waals surface area contributed by atoms with Gasteiger partial charge in [0, 0.05) is 0 Å². The van der Waals surface area contributed by atoms with Gasteiger partial charge in [0.05, 0.1) is 23.4 Å². The highest BCUT2D eigenvalue weighted by Crippen LogP contribution is 2.42. The SMILES string of the molecule is CCOC(=O)c1ccc(-n2nnnc2C2(N(C)C)CCC(C)CC2)cc1. The molecule has 0 amide bonds. The summed E-state index contributed by atoms with van der Waals surface area (Å²) in [5.74, 6) is 1.27. The molecule has 0 atom stereocenters. The van der Waals surface area contributed by atoms with Gasteiger partial charge in [0.15, 0.2) is 5.82 Å². The lowest BCUT2D eigenvalue weighted by Crippen LogP contribution is -2.46. The first kappa shape index (κ1) is 18.5. The van der Waals surface area contributed by atoms with Crippen molar-refractivity contribution in [2.45, 2.75) is 45.1 Å². The molecule has 1 heterocycles. The van der Waals surface area contributed by atoms with Crippen LogP contribution in [0, 0.1) is 5.92 Å². The van der Waals surface area contributed by atoms with E-state index in [4.69, 9.17) is 4.74 Å². The number of carbonyl (C=O) groups is 1. The number of benzene rings is 1. The Hall–Kier alpha value is -2.28. The van der Waals surface area contributed by atoms with E-state index in [0.717, 1.165) is 43.1 Å². The van der Waals surface area contributed by atoms with Crippen molar-refractivity contribution < 1.29 is 9.53 Å². The van der Waals surface area contributed by atoms with E-state index >= 15 is 0 Å². The number of aromatic nitrogens is 4. The zero-order valence-electron chi connectivity index (χ0n) is 16.0. The van der Waals surface area contributed by atoms with Crippen LogP contribution in [0.2, 0.25) is 0 Å². The topological polar surface area (TPSA) is 73.1 Å². The maximum Gasteiger partial charge on any atom is 0.338 e. The number of nitrogens with zero attached hydrogens (tertiary/aromatic N) is 5. The summed E-state index contributed by atoms with van der Waals surface area (Å²) in [7, 11) is 4.19. The number of rotatable bonds is 5. The van der Waals surface area contributed by atoms with Gasteiger partial charge in [0.25, 0.3) is 0 Å². The molecule has 1 fully saturated rings. The van der Waals surface area contributed by atoms with Gasteiger partial charge in [0.1, 0.15) is 0 Å². The Bertz CT molecular complexity index is 746. The average molecular weight is 357 g/mol. The summed E-state index contributed by atoms with van der Waals surface area (Å²) in [5.41, 5.74) is 1.20. The standard InChI is InChI=1S/C19H27N5O2/c1-5-26-17(25)15-6-8-16(9-7-15)24-18(20-21-22-24)19(23(3)4)12-10-14(2)11-13-19/h6-9,14H,5,10-13H2,1-4H3. The monoisotopic (exact) mass is 357 g/mol. The molecule has 3 rings (SSSR count). The molecule has 0 unspecified atom stereocenters. The minimum Gasteiger partial charge on any atom is -0.462 e. The van der Waals surface area contributed by atoms with Crippen LogP contribution in [0.4, 0.5) is 0 Å². The third-order valence-corrected chi connectivity index (χ3v) is 5.47. The van der Waals surface area contributed by atoms with Crippen LogP contribution >= 0.6 is 0 Å². The first-order chi connectivity index (χ1) is 12.5. The van der Waals surface area contributed by atoms with Crippen molar-refractivity contribution in [3.63, 3.8) is 0 Å². The second-order valence-electron chi connectivity index (χ2n) is 7.29. The number of tetrazole rings is 1. The molecule has 1 saturated carbocycles. The van der Waals surface area contributed by atoms with Crippen molar-refractivity contribution in [3.05, 3.63) is 35.7 Å². The summed E-state index contributed by atoms with van der Waals surface area (Å²) in [6.45, 7) is 4.46. The molecule has 1 aromatic carbocycles. The molecule has 0 radical (unpaired) electrons. The summed E-state index contributed by atoms with van der Waals surface area (Å²) >= 11 is 0. The van der Waals surface area contributed by atoms with Gasteiger partial charge in [-0.15, -0.1) is 5.10 Å². The van der Waals surface area contributed by atoms with Gasteiger partial charge in [-0.05, 0) is 87.3 Å². The van der Waals surface area contributed by atoms with Crippen LogP contribution in [0.5, 0.6) is 0 Å². The number of ether oxygens (including phenoxy) is 1. The zero-order chi connectivity index (χ0) is 18.7. The molecule has 1 aromatic heterocycles. The van der Waals surface area contributed by atoms with Gasteiger partial charge in [-0.1, -0.05) is 6.92 Å². The molecule has 0 saturated heterocycles. The van der Waals surface area contributed by atoms with Gasteiger partial charge < -0.3 is 4.74 Å². The minimum atomic E-state index is -0.318. The van der Waals surface area contributed by atoms with Crippen LogP contribution < -0.4 is 0 Å². The van der Waals surface area contributed by atoms with Crippen LogP contribution in [0.1, 0.15) is 55.7 Å². The molecule has 1 aliphatic rings. The van der Waals surface area contributed by atoms with E-state index in [1.54, 1.807) is 23.7 Å². The van der Waals surface area contributed by atoms with E-state index < -0.39 is 0 Å². The Morgan fingerprint density at radius 3 is 2.50 bits per heavy atom. The van der Waals surface area contributed by atoms with Crippen molar-refractivity contribution >= 4 is 5.97 Å². The van der Waals surface area contributed by atoms with Crippen LogP contribution in [0.3, 0.4) is 0 Å². The normalized spacial score (nSPS) is 23.2. The lowest BCUT2D eigenvalue weighted by molar-refractivity contribution is 0.0526. The van der Waals surface area contributed by atoms with Crippen LogP contribution in [0.15, 0.2) is 24.3 Å². The molecule has 0 N–H and O–H groups in total. The molecule has 26 heavy (non-hydrogen) atoms. The number of hydrogen-bond donors (Lipinski definition) is 0. The number of carbonyl (C=O) groups excluding carboxylic acids is 1. The van der Waals surface area contributed by atoms with E-state index in [2.05, 4.69) is 41.4 Å². The van der Waals surface area contributed by atoms with Crippen LogP contribution in [-0.2, 0) is 10.3 Å². The highest BCUT2D eigenvalue weighted by Gasteiger charge is 2.42. The van der Waals surface area contributed by atoms with Crippen LogP contribution in [0.25, 0.3) is 5.69 Å². The minimum absolute atomic E-state index is 0.171. The van der Waals surface area contributed by atoms with Crippen molar-refractivity contribution in [1.82, 2.24) is 25.1 Å². The fourth-order valence-electron chi connectivity index (χ4n) is 3.71. The molecule has 140 valence electrons. The van der Waals surface area contributed by atoms with Crippen molar-refractivity contribution in [3.8, 4) is 5.69 Å². The Morgan fingerprint density at radius 2 is 1.92 bits per heavy atom. The fourth-order valence-corrected chi connectivity index (χ4v) is 3.71. The Kier molecular flexibility index (Phi) is 5.36. The van der Waals surface area contributed by atoms with E-state index in [1.165, 1.54) is 0 Å². The van der Waals surface area contributed by atoms with E-state index in [-0.39, 0.29) is 11.5 Å². The summed E-state index contributed by atoms with van der Waals surface area (Å²) in [6, 6.07) is 7.23. The first-order valence-electron chi connectivity index (χ1n) is 9.22. The molecular weight excluding hydrogens is 330 g/mol. The molecule has 7 nitrogen and oxygen atoms in total. The summed E-state index contributed by atoms with van der Waals surface area (Å²) in [6.07, 6.45) is 4.38. The summed E-state index contributed by atoms with van der Waals surface area (Å²) < 4.78 is 6.84. The third kappa shape index (κ3) is 3.35. The molecular formula is C19H27N5O2. The predicted molar refractivity (Wildman–Crippen MR) is 98.1 cm³/mol. The van der Waals surface area contributed by atoms with Gasteiger partial charge in [-0.2, -0.15) is 4.68 Å². The number of esters is 1. The molecule has 0 bridgehead atoms. The third-order valence-electron chi connectivity index (χ3n) is 5.47. The quantitative estimate of drug-likeness (QED) is 0.766. The highest BCUT2D eigenvalue weighted by atomic mass is 16.5. The van der Waals surface area contributed by atoms with Crippen molar-refractivity contribution in [1.29, 1.82) is 0 Å². The maximum absolute atomic E-state index is 11.9. The average Bonchev–Trinajstić information content (AvgIpc) is 3.13. The summed E-state index contributed by atoms with van der Waals surface area (Å²) in [5, 5.41) is 12.6. The van der Waals surface area contributed by atoms with E-state index in [0.29, 0.717) is 12.2 Å². The smallest absolute Gasteiger partial charge is 0.338 e. The lowest BCUT2D eigenvalue weighted by atomic mass is 9.75. The second kappa shape index (κ2) is 7.53. The predicted octanol–water partition coefficient (Wildman–Crippen LogP) is 2.81. The first-order valence-corrected chi connectivity index (χ1v) is 9.22. The van der Waals surface area contributed by atoms with E-state index in [9.17, 15) is 4.79 Å². The Balaban J connectivity index is 1.94. The van der Waals surface area contributed by atoms with Gasteiger partial charge in [0.2, 0.25) is 0 Å². The zero-order valence-corrected chi connectivity index (χ0v) is 16.0. The number of hydrogen-bond acceptors (Lipinski definition) is 6. The van der Waals surface area contributed by atoms with Gasteiger partial charge in [-0.3, -0.25) is 4.90 Å². The lowest BCUT2D eigenvalue weighted by Gasteiger charge is -2.43. The Morgan fingerprint density at radius 1 is 1.27 bits per heavy atom. The second-order valence-corrected chi connectivity index (χ2v) is 7.29.